The van der Waals surface area contributed by atoms with E-state index in [1.54, 1.807) is 6.07 Å². The van der Waals surface area contributed by atoms with Crippen molar-refractivity contribution in [2.75, 3.05) is 7.11 Å². The molecule has 0 saturated heterocycles. The summed E-state index contributed by atoms with van der Waals surface area (Å²) in [5.74, 6) is -0.643. The number of ether oxygens (including phenoxy) is 1. The topological polar surface area (TPSA) is 56.3 Å². The summed E-state index contributed by atoms with van der Waals surface area (Å²) < 4.78 is 4.46. The molecule has 1 heterocycles. The molecule has 0 N–H and O–H groups in total. The molecular formula is C9H9NO3. The number of aromatic nitrogens is 1. The third kappa shape index (κ3) is 2.11. The van der Waals surface area contributed by atoms with E-state index in [0.717, 1.165) is 0 Å². The molecule has 0 bridgehead atoms. The fourth-order valence-corrected chi connectivity index (χ4v) is 0.866. The highest BCUT2D eigenvalue weighted by Gasteiger charge is 2.08. The Morgan fingerprint density at radius 3 is 2.69 bits per heavy atom. The first-order valence-corrected chi connectivity index (χ1v) is 3.70. The Morgan fingerprint density at radius 1 is 1.46 bits per heavy atom. The molecule has 0 radical (unpaired) electrons. The molecule has 0 unspecified atom stereocenters. The first-order valence-electron chi connectivity index (χ1n) is 3.70. The third-order valence-corrected chi connectivity index (χ3v) is 1.56. The summed E-state index contributed by atoms with van der Waals surface area (Å²) in [6.45, 7) is 1.43. The van der Waals surface area contributed by atoms with Crippen LogP contribution in [0.1, 0.15) is 27.8 Å². The van der Waals surface area contributed by atoms with Gasteiger partial charge < -0.3 is 4.74 Å². The Balaban J connectivity index is 3.05. The summed E-state index contributed by atoms with van der Waals surface area (Å²) in [6, 6.07) is 2.96. The van der Waals surface area contributed by atoms with Gasteiger partial charge in [0.2, 0.25) is 0 Å². The van der Waals surface area contributed by atoms with Crippen molar-refractivity contribution in [1.82, 2.24) is 4.98 Å². The maximum absolute atomic E-state index is 11.0. The zero-order valence-electron chi connectivity index (χ0n) is 7.40. The lowest BCUT2D eigenvalue weighted by molar-refractivity contribution is 0.0594. The minimum absolute atomic E-state index is 0.104. The molecule has 0 saturated carbocycles. The predicted molar refractivity (Wildman–Crippen MR) is 45.6 cm³/mol. The van der Waals surface area contributed by atoms with Crippen molar-refractivity contribution in [3.8, 4) is 0 Å². The lowest BCUT2D eigenvalue weighted by Gasteiger charge is -1.99. The van der Waals surface area contributed by atoms with Gasteiger partial charge in [0.05, 0.1) is 7.11 Å². The van der Waals surface area contributed by atoms with Gasteiger partial charge in [0.25, 0.3) is 0 Å². The Hall–Kier alpha value is -1.71. The number of carbonyl (C=O) groups is 2. The lowest BCUT2D eigenvalue weighted by atomic mass is 10.2. The molecule has 4 nitrogen and oxygen atoms in total. The number of pyridine rings is 1. The molecule has 0 fully saturated rings. The van der Waals surface area contributed by atoms with Crippen molar-refractivity contribution in [1.29, 1.82) is 0 Å². The van der Waals surface area contributed by atoms with Crippen LogP contribution in [0.3, 0.4) is 0 Å². The fourth-order valence-electron chi connectivity index (χ4n) is 0.866. The highest BCUT2D eigenvalue weighted by atomic mass is 16.5. The fraction of sp³-hybridized carbons (Fsp3) is 0.222. The van der Waals surface area contributed by atoms with Crippen molar-refractivity contribution >= 4 is 11.8 Å². The second-order valence-electron chi connectivity index (χ2n) is 2.48. The van der Waals surface area contributed by atoms with Crippen molar-refractivity contribution in [2.24, 2.45) is 0 Å². The summed E-state index contributed by atoms with van der Waals surface area (Å²) in [7, 11) is 1.27. The molecular weight excluding hydrogens is 170 g/mol. The van der Waals surface area contributed by atoms with E-state index in [9.17, 15) is 9.59 Å². The minimum atomic E-state index is -0.539. The van der Waals surface area contributed by atoms with Crippen LogP contribution in [0.2, 0.25) is 0 Å². The van der Waals surface area contributed by atoms with Gasteiger partial charge in [0.1, 0.15) is 5.69 Å². The monoisotopic (exact) mass is 179 g/mol. The van der Waals surface area contributed by atoms with Gasteiger partial charge in [0, 0.05) is 11.8 Å². The van der Waals surface area contributed by atoms with Crippen LogP contribution in [0.25, 0.3) is 0 Å². The molecule has 0 aliphatic heterocycles. The highest BCUT2D eigenvalue weighted by Crippen LogP contribution is 2.03. The number of ketones is 1. The van der Waals surface area contributed by atoms with Gasteiger partial charge in [-0.2, -0.15) is 0 Å². The average Bonchev–Trinajstić information content (AvgIpc) is 2.17. The molecule has 0 amide bonds. The molecule has 0 spiro atoms. The maximum atomic E-state index is 11.0. The molecule has 1 rings (SSSR count). The van der Waals surface area contributed by atoms with Crippen molar-refractivity contribution < 1.29 is 14.3 Å². The normalized spacial score (nSPS) is 9.38. The van der Waals surface area contributed by atoms with Crippen LogP contribution in [-0.4, -0.2) is 23.8 Å². The number of carbonyl (C=O) groups excluding carboxylic acids is 2. The smallest absolute Gasteiger partial charge is 0.356 e. The van der Waals surface area contributed by atoms with Crippen molar-refractivity contribution in [2.45, 2.75) is 6.92 Å². The summed E-state index contributed by atoms with van der Waals surface area (Å²) in [4.78, 5) is 25.7. The van der Waals surface area contributed by atoms with Gasteiger partial charge in [0.15, 0.2) is 5.78 Å². The van der Waals surface area contributed by atoms with Crippen LogP contribution < -0.4 is 0 Å². The van der Waals surface area contributed by atoms with E-state index in [0.29, 0.717) is 5.56 Å². The van der Waals surface area contributed by atoms with Crippen LogP contribution in [0, 0.1) is 0 Å². The molecule has 1 aromatic heterocycles. The number of hydrogen-bond donors (Lipinski definition) is 0. The van der Waals surface area contributed by atoms with Crippen LogP contribution in [0.15, 0.2) is 18.3 Å². The molecule has 13 heavy (non-hydrogen) atoms. The van der Waals surface area contributed by atoms with E-state index in [1.165, 1.54) is 26.3 Å². The molecule has 68 valence electrons. The van der Waals surface area contributed by atoms with Gasteiger partial charge >= 0.3 is 5.97 Å². The number of esters is 1. The van der Waals surface area contributed by atoms with E-state index in [4.69, 9.17) is 0 Å². The van der Waals surface area contributed by atoms with Crippen molar-refractivity contribution in [3.63, 3.8) is 0 Å². The van der Waals surface area contributed by atoms with E-state index in [2.05, 4.69) is 9.72 Å². The maximum Gasteiger partial charge on any atom is 0.356 e. The molecule has 0 atom stereocenters. The highest BCUT2D eigenvalue weighted by molar-refractivity contribution is 5.96. The van der Waals surface area contributed by atoms with E-state index in [-0.39, 0.29) is 11.5 Å². The largest absolute Gasteiger partial charge is 0.464 e. The Bertz CT molecular complexity index is 346. The van der Waals surface area contributed by atoms with E-state index in [1.807, 2.05) is 0 Å². The lowest BCUT2D eigenvalue weighted by Crippen LogP contribution is -2.05. The van der Waals surface area contributed by atoms with Crippen LogP contribution in [-0.2, 0) is 4.74 Å². The average molecular weight is 179 g/mol. The molecule has 4 heteroatoms. The molecule has 0 aliphatic rings. The van der Waals surface area contributed by atoms with Gasteiger partial charge in [-0.05, 0) is 19.1 Å². The standard InChI is InChI=1S/C9H9NO3/c1-6(11)7-3-4-10-8(5-7)9(12)13-2/h3-5H,1-2H3. The number of nitrogens with zero attached hydrogens (tertiary/aromatic N) is 1. The number of rotatable bonds is 2. The van der Waals surface area contributed by atoms with Crippen LogP contribution >= 0.6 is 0 Å². The first-order chi connectivity index (χ1) is 6.15. The zero-order valence-corrected chi connectivity index (χ0v) is 7.40. The second-order valence-corrected chi connectivity index (χ2v) is 2.48. The van der Waals surface area contributed by atoms with E-state index >= 15 is 0 Å². The first kappa shape index (κ1) is 9.38. The van der Waals surface area contributed by atoms with Crippen LogP contribution in [0.5, 0.6) is 0 Å². The number of methoxy groups -OCH3 is 1. The van der Waals surface area contributed by atoms with Gasteiger partial charge in [-0.1, -0.05) is 0 Å². The predicted octanol–water partition coefficient (Wildman–Crippen LogP) is 1.07. The minimum Gasteiger partial charge on any atom is -0.464 e. The molecule has 1 aromatic rings. The molecule has 0 aliphatic carbocycles. The Labute approximate surface area is 75.5 Å². The summed E-state index contributed by atoms with van der Waals surface area (Å²) in [6.07, 6.45) is 1.41. The van der Waals surface area contributed by atoms with Gasteiger partial charge in [-0.15, -0.1) is 0 Å². The number of hydrogen-bond acceptors (Lipinski definition) is 4. The third-order valence-electron chi connectivity index (χ3n) is 1.56. The van der Waals surface area contributed by atoms with Gasteiger partial charge in [-0.3, -0.25) is 4.79 Å². The quantitative estimate of drug-likeness (QED) is 0.503. The molecule has 0 aromatic carbocycles. The Morgan fingerprint density at radius 2 is 2.15 bits per heavy atom. The zero-order chi connectivity index (χ0) is 9.84. The summed E-state index contributed by atoms with van der Waals surface area (Å²) >= 11 is 0. The summed E-state index contributed by atoms with van der Waals surface area (Å²) in [5.41, 5.74) is 0.602. The number of Topliss-reactive ketones (excluding diaryl/α,β-unsaturated/α-hetero) is 1. The van der Waals surface area contributed by atoms with Gasteiger partial charge in [-0.25, -0.2) is 9.78 Å². The summed E-state index contributed by atoms with van der Waals surface area (Å²) in [5, 5.41) is 0. The van der Waals surface area contributed by atoms with Crippen molar-refractivity contribution in [3.05, 3.63) is 29.6 Å². The van der Waals surface area contributed by atoms with Crippen LogP contribution in [0.4, 0.5) is 0 Å². The van der Waals surface area contributed by atoms with E-state index < -0.39 is 5.97 Å². The SMILES string of the molecule is COC(=O)c1cc(C(C)=O)ccn1. The second kappa shape index (κ2) is 3.80. The Kier molecular flexibility index (Phi) is 2.74.